The second kappa shape index (κ2) is 6.25. The lowest BCUT2D eigenvalue weighted by Crippen LogP contribution is -2.15. The topological polar surface area (TPSA) is 68.0 Å². The summed E-state index contributed by atoms with van der Waals surface area (Å²) in [6, 6.07) is 13.6. The quantitative estimate of drug-likeness (QED) is 0.776. The number of benzene rings is 2. The van der Waals surface area contributed by atoms with E-state index in [1.165, 1.54) is 16.9 Å². The molecule has 0 unspecified atom stereocenters. The second-order valence-electron chi connectivity index (χ2n) is 5.14. The first-order chi connectivity index (χ1) is 10.7. The zero-order valence-electron chi connectivity index (χ0n) is 12.3. The molecule has 1 aromatic heterocycles. The van der Waals surface area contributed by atoms with Crippen LogP contribution in [-0.4, -0.2) is 17.4 Å². The molecule has 0 saturated carbocycles. The highest BCUT2D eigenvalue weighted by atomic mass is 32.1. The van der Waals surface area contributed by atoms with Gasteiger partial charge >= 0.3 is 0 Å². The van der Waals surface area contributed by atoms with Crippen molar-refractivity contribution in [1.29, 1.82) is 0 Å². The van der Waals surface area contributed by atoms with Gasteiger partial charge in [-0.1, -0.05) is 35.6 Å². The summed E-state index contributed by atoms with van der Waals surface area (Å²) >= 11 is 1.49. The first-order valence-electron chi connectivity index (χ1n) is 7.14. The minimum atomic E-state index is -0.139. The fourth-order valence-corrected chi connectivity index (χ4v) is 3.32. The molecule has 0 saturated heterocycles. The second-order valence-corrected chi connectivity index (χ2v) is 6.17. The molecule has 3 N–H and O–H groups in total. The third-order valence-corrected chi connectivity index (χ3v) is 4.37. The zero-order valence-corrected chi connectivity index (χ0v) is 13.1. The fraction of sp³-hybridized carbons (Fsp3) is 0.176. The average Bonchev–Trinajstić information content (AvgIpc) is 2.89. The number of aromatic nitrogens is 1. The van der Waals surface area contributed by atoms with Crippen molar-refractivity contribution in [2.24, 2.45) is 5.73 Å². The minimum Gasteiger partial charge on any atom is -0.330 e. The summed E-state index contributed by atoms with van der Waals surface area (Å²) in [5, 5.41) is 3.51. The molecular formula is C17H17N3OS. The van der Waals surface area contributed by atoms with Crippen LogP contribution < -0.4 is 11.1 Å². The number of nitrogens with two attached hydrogens (primary N) is 1. The van der Waals surface area contributed by atoms with E-state index in [1.54, 1.807) is 0 Å². The number of aryl methyl sites for hydroxylation is 1. The summed E-state index contributed by atoms with van der Waals surface area (Å²) in [5.74, 6) is -0.139. The summed E-state index contributed by atoms with van der Waals surface area (Å²) in [4.78, 5) is 16.9. The third kappa shape index (κ3) is 3.00. The highest BCUT2D eigenvalue weighted by Gasteiger charge is 2.13. The number of nitrogens with zero attached hydrogens (tertiary/aromatic N) is 1. The van der Waals surface area contributed by atoms with Gasteiger partial charge in [0.1, 0.15) is 0 Å². The van der Waals surface area contributed by atoms with Crippen molar-refractivity contribution in [3.8, 4) is 0 Å². The Kier molecular flexibility index (Phi) is 4.18. The van der Waals surface area contributed by atoms with Crippen LogP contribution in [0.4, 0.5) is 5.13 Å². The molecule has 2 aromatic carbocycles. The molecule has 0 aliphatic heterocycles. The summed E-state index contributed by atoms with van der Waals surface area (Å²) in [7, 11) is 0. The Balaban J connectivity index is 1.86. The molecule has 22 heavy (non-hydrogen) atoms. The van der Waals surface area contributed by atoms with E-state index in [1.807, 2.05) is 43.3 Å². The Bertz CT molecular complexity index is 826. The summed E-state index contributed by atoms with van der Waals surface area (Å²) < 4.78 is 1.07. The number of hydrogen-bond donors (Lipinski definition) is 2. The normalized spacial score (nSPS) is 10.8. The average molecular weight is 311 g/mol. The van der Waals surface area contributed by atoms with Gasteiger partial charge in [-0.15, -0.1) is 0 Å². The van der Waals surface area contributed by atoms with Gasteiger partial charge < -0.3 is 5.73 Å². The number of nitrogens with one attached hydrogen (secondary N) is 1. The number of carbonyl (C=O) groups excluding carboxylic acids is 1. The van der Waals surface area contributed by atoms with Gasteiger partial charge in [0.15, 0.2) is 5.13 Å². The molecule has 0 aliphatic carbocycles. The SMILES string of the molecule is Cc1ccc2nc(NC(=O)c3ccccc3CCN)sc2c1. The predicted molar refractivity (Wildman–Crippen MR) is 91.5 cm³/mol. The van der Waals surface area contributed by atoms with E-state index in [4.69, 9.17) is 5.73 Å². The number of rotatable bonds is 4. The van der Waals surface area contributed by atoms with Gasteiger partial charge in [-0.05, 0) is 49.2 Å². The van der Waals surface area contributed by atoms with Crippen LogP contribution in [0.2, 0.25) is 0 Å². The van der Waals surface area contributed by atoms with E-state index in [-0.39, 0.29) is 5.91 Å². The predicted octanol–water partition coefficient (Wildman–Crippen LogP) is 3.36. The van der Waals surface area contributed by atoms with E-state index in [2.05, 4.69) is 16.4 Å². The maximum Gasteiger partial charge on any atom is 0.257 e. The first-order valence-corrected chi connectivity index (χ1v) is 7.95. The van der Waals surface area contributed by atoms with Gasteiger partial charge in [-0.2, -0.15) is 0 Å². The smallest absolute Gasteiger partial charge is 0.257 e. The van der Waals surface area contributed by atoms with Crippen molar-refractivity contribution in [3.63, 3.8) is 0 Å². The number of amides is 1. The van der Waals surface area contributed by atoms with Crippen molar-refractivity contribution in [2.45, 2.75) is 13.3 Å². The van der Waals surface area contributed by atoms with Crippen LogP contribution >= 0.6 is 11.3 Å². The highest BCUT2D eigenvalue weighted by molar-refractivity contribution is 7.22. The number of hydrogen-bond acceptors (Lipinski definition) is 4. The maximum atomic E-state index is 12.5. The standard InChI is InChI=1S/C17H17N3OS/c1-11-6-7-14-15(10-11)22-17(19-14)20-16(21)13-5-3-2-4-12(13)8-9-18/h2-7,10H,8-9,18H2,1H3,(H,19,20,21). The van der Waals surface area contributed by atoms with Crippen LogP contribution in [0.25, 0.3) is 10.2 Å². The molecule has 5 heteroatoms. The van der Waals surface area contributed by atoms with Crippen LogP contribution in [0, 0.1) is 6.92 Å². The minimum absolute atomic E-state index is 0.139. The van der Waals surface area contributed by atoms with E-state index in [0.717, 1.165) is 15.8 Å². The molecule has 3 aromatic rings. The van der Waals surface area contributed by atoms with Gasteiger partial charge in [0.2, 0.25) is 0 Å². The summed E-state index contributed by atoms with van der Waals surface area (Å²) in [5.41, 5.74) is 9.31. The van der Waals surface area contributed by atoms with E-state index >= 15 is 0 Å². The molecule has 0 radical (unpaired) electrons. The molecular weight excluding hydrogens is 294 g/mol. The van der Waals surface area contributed by atoms with Crippen molar-refractivity contribution in [2.75, 3.05) is 11.9 Å². The highest BCUT2D eigenvalue weighted by Crippen LogP contribution is 2.27. The molecule has 4 nitrogen and oxygen atoms in total. The molecule has 0 atom stereocenters. The molecule has 0 spiro atoms. The molecule has 1 amide bonds. The molecule has 0 aliphatic rings. The van der Waals surface area contributed by atoms with Crippen LogP contribution in [0.5, 0.6) is 0 Å². The van der Waals surface area contributed by atoms with Crippen molar-refractivity contribution < 1.29 is 4.79 Å². The Morgan fingerprint density at radius 1 is 1.27 bits per heavy atom. The largest absolute Gasteiger partial charge is 0.330 e. The zero-order chi connectivity index (χ0) is 15.5. The maximum absolute atomic E-state index is 12.5. The van der Waals surface area contributed by atoms with Gasteiger partial charge in [-0.25, -0.2) is 4.98 Å². The summed E-state index contributed by atoms with van der Waals surface area (Å²) in [6.45, 7) is 2.56. The van der Waals surface area contributed by atoms with Gasteiger partial charge in [-0.3, -0.25) is 10.1 Å². The van der Waals surface area contributed by atoms with E-state index in [9.17, 15) is 4.79 Å². The van der Waals surface area contributed by atoms with Crippen LogP contribution in [-0.2, 0) is 6.42 Å². The number of anilines is 1. The van der Waals surface area contributed by atoms with E-state index in [0.29, 0.717) is 23.7 Å². The first kappa shape index (κ1) is 14.7. The number of thiazole rings is 1. The molecule has 0 bridgehead atoms. The molecule has 112 valence electrons. The van der Waals surface area contributed by atoms with Crippen molar-refractivity contribution >= 4 is 32.6 Å². The summed E-state index contributed by atoms with van der Waals surface area (Å²) in [6.07, 6.45) is 0.683. The van der Waals surface area contributed by atoms with Crippen molar-refractivity contribution in [1.82, 2.24) is 4.98 Å². The lowest BCUT2D eigenvalue weighted by Gasteiger charge is -2.07. The molecule has 1 heterocycles. The Labute approximate surface area is 133 Å². The fourth-order valence-electron chi connectivity index (χ4n) is 2.37. The Morgan fingerprint density at radius 2 is 2.09 bits per heavy atom. The third-order valence-electron chi connectivity index (χ3n) is 3.44. The molecule has 3 rings (SSSR count). The van der Waals surface area contributed by atoms with Gasteiger partial charge in [0.25, 0.3) is 5.91 Å². The van der Waals surface area contributed by atoms with Crippen molar-refractivity contribution in [3.05, 3.63) is 59.2 Å². The van der Waals surface area contributed by atoms with Gasteiger partial charge in [0.05, 0.1) is 10.2 Å². The monoisotopic (exact) mass is 311 g/mol. The molecule has 0 fully saturated rings. The number of fused-ring (bicyclic) bond motifs is 1. The van der Waals surface area contributed by atoms with Crippen LogP contribution in [0.15, 0.2) is 42.5 Å². The van der Waals surface area contributed by atoms with E-state index < -0.39 is 0 Å². The van der Waals surface area contributed by atoms with Crippen LogP contribution in [0.1, 0.15) is 21.5 Å². The lowest BCUT2D eigenvalue weighted by molar-refractivity contribution is 0.102. The Morgan fingerprint density at radius 3 is 2.91 bits per heavy atom. The van der Waals surface area contributed by atoms with Crippen LogP contribution in [0.3, 0.4) is 0 Å². The number of carbonyl (C=O) groups is 1. The Hall–Kier alpha value is -2.24. The lowest BCUT2D eigenvalue weighted by atomic mass is 10.0. The van der Waals surface area contributed by atoms with Gasteiger partial charge in [0, 0.05) is 5.56 Å².